The Morgan fingerprint density at radius 2 is 1.51 bits per heavy atom. The van der Waals surface area contributed by atoms with Crippen molar-refractivity contribution in [3.05, 3.63) is 130 Å². The number of halogens is 3. The van der Waals surface area contributed by atoms with Crippen LogP contribution in [-0.2, 0) is 32.6 Å². The Morgan fingerprint density at radius 1 is 0.830 bits per heavy atom. The average molecular weight is 697 g/mol. The lowest BCUT2D eigenvalue weighted by Crippen LogP contribution is -2.55. The molecule has 1 atom stereocenters. The zero-order valence-corrected chi connectivity index (χ0v) is 28.0. The molecule has 11 heteroatoms. The molecular formula is C36H36Cl2FN3O4S. The molecule has 1 fully saturated rings. The molecule has 246 valence electrons. The summed E-state index contributed by atoms with van der Waals surface area (Å²) in [6.45, 7) is -0.937. The van der Waals surface area contributed by atoms with E-state index in [1.807, 2.05) is 30.3 Å². The molecule has 0 unspecified atom stereocenters. The van der Waals surface area contributed by atoms with Gasteiger partial charge < -0.3 is 10.2 Å². The molecule has 0 aliphatic heterocycles. The molecule has 1 saturated carbocycles. The van der Waals surface area contributed by atoms with Gasteiger partial charge in [-0.25, -0.2) is 12.8 Å². The SMILES string of the molecule is O=C(NC1CCCCC1)[C@H](Cc1ccccc1)N(Cc1ccccc1F)C(=O)CN(c1cccc(Cl)c1)S(=O)(=O)c1ccc(Cl)cc1. The molecule has 0 aromatic heterocycles. The molecule has 4 aromatic rings. The first kappa shape index (κ1) is 34.4. The third-order valence-electron chi connectivity index (χ3n) is 8.30. The maximum atomic E-state index is 15.1. The number of carbonyl (C=O) groups is 2. The van der Waals surface area contributed by atoms with Gasteiger partial charge in [-0.05, 0) is 66.9 Å². The van der Waals surface area contributed by atoms with Crippen LogP contribution in [0.2, 0.25) is 10.0 Å². The molecule has 0 radical (unpaired) electrons. The zero-order valence-electron chi connectivity index (χ0n) is 25.7. The van der Waals surface area contributed by atoms with Gasteiger partial charge in [-0.3, -0.25) is 13.9 Å². The first-order valence-corrected chi connectivity index (χ1v) is 17.7. The molecule has 47 heavy (non-hydrogen) atoms. The van der Waals surface area contributed by atoms with Crippen LogP contribution in [-0.4, -0.2) is 43.8 Å². The van der Waals surface area contributed by atoms with Gasteiger partial charge in [0.1, 0.15) is 18.4 Å². The Balaban J connectivity index is 1.57. The molecule has 0 saturated heterocycles. The van der Waals surface area contributed by atoms with Crippen molar-refractivity contribution in [2.75, 3.05) is 10.8 Å². The standard InChI is InChI=1S/C36H36Cl2FN3O4S/c37-28-18-20-32(21-19-28)47(45,46)42(31-16-9-13-29(38)23-31)25-35(43)41(24-27-12-7-8-17-33(27)39)34(22-26-10-3-1-4-11-26)36(44)40-30-14-5-2-6-15-30/h1,3-4,7-13,16-21,23,30,34H,2,5-6,14-15,22,24-25H2,(H,40,44)/t34-/m0/s1. The van der Waals surface area contributed by atoms with E-state index in [2.05, 4.69) is 5.32 Å². The van der Waals surface area contributed by atoms with Crippen LogP contribution in [0.3, 0.4) is 0 Å². The van der Waals surface area contributed by atoms with Crippen molar-refractivity contribution in [1.29, 1.82) is 0 Å². The minimum Gasteiger partial charge on any atom is -0.352 e. The molecule has 0 bridgehead atoms. The predicted molar refractivity (Wildman–Crippen MR) is 183 cm³/mol. The van der Waals surface area contributed by atoms with E-state index in [-0.39, 0.29) is 46.1 Å². The number of nitrogens with one attached hydrogen (secondary N) is 1. The summed E-state index contributed by atoms with van der Waals surface area (Å²) in [5.74, 6) is -1.61. The largest absolute Gasteiger partial charge is 0.352 e. The van der Waals surface area contributed by atoms with Crippen molar-refractivity contribution in [2.45, 2.75) is 62.0 Å². The molecule has 0 heterocycles. The van der Waals surface area contributed by atoms with E-state index in [0.29, 0.717) is 5.02 Å². The van der Waals surface area contributed by atoms with Crippen molar-refractivity contribution in [3.8, 4) is 0 Å². The second kappa shape index (κ2) is 15.8. The van der Waals surface area contributed by atoms with Crippen LogP contribution < -0.4 is 9.62 Å². The Hall–Kier alpha value is -3.92. The molecule has 7 nitrogen and oxygen atoms in total. The number of amides is 2. The van der Waals surface area contributed by atoms with Crippen molar-refractivity contribution >= 4 is 50.7 Å². The van der Waals surface area contributed by atoms with Gasteiger partial charge in [-0.1, -0.05) is 97.1 Å². The number of benzene rings is 4. The fraction of sp³-hybridized carbons (Fsp3) is 0.278. The third kappa shape index (κ3) is 8.91. The molecular weight excluding hydrogens is 660 g/mol. The smallest absolute Gasteiger partial charge is 0.264 e. The zero-order chi connectivity index (χ0) is 33.4. The molecule has 1 aliphatic carbocycles. The van der Waals surface area contributed by atoms with E-state index < -0.39 is 34.3 Å². The summed E-state index contributed by atoms with van der Waals surface area (Å²) < 4.78 is 44.3. The second-order valence-corrected chi connectivity index (χ2v) is 14.3. The summed E-state index contributed by atoms with van der Waals surface area (Å²) in [4.78, 5) is 29.9. The quantitative estimate of drug-likeness (QED) is 0.167. The number of nitrogens with zero attached hydrogens (tertiary/aromatic N) is 2. The van der Waals surface area contributed by atoms with Gasteiger partial charge in [0.2, 0.25) is 11.8 Å². The summed E-state index contributed by atoms with van der Waals surface area (Å²) in [5, 5.41) is 3.75. The number of rotatable bonds is 12. The Labute approximate surface area is 285 Å². The normalized spacial score (nSPS) is 14.3. The number of carbonyl (C=O) groups excluding carboxylic acids is 2. The maximum absolute atomic E-state index is 15.1. The summed E-state index contributed by atoms with van der Waals surface area (Å²) in [7, 11) is -4.33. The lowest BCUT2D eigenvalue weighted by Gasteiger charge is -2.35. The summed E-state index contributed by atoms with van der Waals surface area (Å²) in [5.41, 5.74) is 1.14. The summed E-state index contributed by atoms with van der Waals surface area (Å²) >= 11 is 12.3. The van der Waals surface area contributed by atoms with Crippen LogP contribution in [0.4, 0.5) is 10.1 Å². The summed E-state index contributed by atoms with van der Waals surface area (Å²) in [6, 6.07) is 25.9. The van der Waals surface area contributed by atoms with Gasteiger partial charge in [0.15, 0.2) is 0 Å². The highest BCUT2D eigenvalue weighted by Gasteiger charge is 2.36. The van der Waals surface area contributed by atoms with E-state index in [1.165, 1.54) is 47.4 Å². The topological polar surface area (TPSA) is 86.8 Å². The van der Waals surface area contributed by atoms with Gasteiger partial charge in [0.25, 0.3) is 10.0 Å². The van der Waals surface area contributed by atoms with Crippen molar-refractivity contribution in [3.63, 3.8) is 0 Å². The van der Waals surface area contributed by atoms with Crippen LogP contribution in [0.1, 0.15) is 43.2 Å². The van der Waals surface area contributed by atoms with Crippen LogP contribution in [0.5, 0.6) is 0 Å². The molecule has 2 amide bonds. The minimum absolute atomic E-state index is 0.0480. The fourth-order valence-electron chi connectivity index (χ4n) is 5.80. The Kier molecular flexibility index (Phi) is 11.6. The van der Waals surface area contributed by atoms with E-state index in [0.717, 1.165) is 42.0 Å². The second-order valence-electron chi connectivity index (χ2n) is 11.6. The maximum Gasteiger partial charge on any atom is 0.264 e. The highest BCUT2D eigenvalue weighted by molar-refractivity contribution is 7.92. The lowest BCUT2D eigenvalue weighted by atomic mass is 9.94. The fourth-order valence-corrected chi connectivity index (χ4v) is 7.52. The first-order chi connectivity index (χ1) is 22.6. The highest BCUT2D eigenvalue weighted by Crippen LogP contribution is 2.28. The predicted octanol–water partition coefficient (Wildman–Crippen LogP) is 7.42. The van der Waals surface area contributed by atoms with E-state index in [1.54, 1.807) is 30.3 Å². The van der Waals surface area contributed by atoms with Gasteiger partial charge >= 0.3 is 0 Å². The van der Waals surface area contributed by atoms with Gasteiger partial charge in [-0.15, -0.1) is 0 Å². The van der Waals surface area contributed by atoms with Crippen LogP contribution in [0.15, 0.2) is 108 Å². The third-order valence-corrected chi connectivity index (χ3v) is 10.6. The Bertz CT molecular complexity index is 1790. The monoisotopic (exact) mass is 695 g/mol. The van der Waals surface area contributed by atoms with E-state index in [9.17, 15) is 18.0 Å². The molecule has 4 aromatic carbocycles. The van der Waals surface area contributed by atoms with E-state index in [4.69, 9.17) is 23.2 Å². The van der Waals surface area contributed by atoms with Crippen molar-refractivity contribution in [1.82, 2.24) is 10.2 Å². The van der Waals surface area contributed by atoms with Gasteiger partial charge in [0.05, 0.1) is 10.6 Å². The number of hydrogen-bond donors (Lipinski definition) is 1. The molecule has 1 aliphatic rings. The van der Waals surface area contributed by atoms with Crippen molar-refractivity contribution < 1.29 is 22.4 Å². The molecule has 5 rings (SSSR count). The van der Waals surface area contributed by atoms with E-state index >= 15 is 4.39 Å². The van der Waals surface area contributed by atoms with Gasteiger partial charge in [-0.2, -0.15) is 0 Å². The average Bonchev–Trinajstić information content (AvgIpc) is 3.07. The lowest BCUT2D eigenvalue weighted by molar-refractivity contribution is -0.140. The number of sulfonamides is 1. The number of hydrogen-bond acceptors (Lipinski definition) is 4. The Morgan fingerprint density at radius 3 is 2.19 bits per heavy atom. The van der Waals surface area contributed by atoms with Gasteiger partial charge in [0, 0.05) is 34.6 Å². The molecule has 0 spiro atoms. The highest BCUT2D eigenvalue weighted by atomic mass is 35.5. The number of anilines is 1. The van der Waals surface area contributed by atoms with Crippen molar-refractivity contribution in [2.24, 2.45) is 0 Å². The van der Waals surface area contributed by atoms with Crippen LogP contribution >= 0.6 is 23.2 Å². The summed E-state index contributed by atoms with van der Waals surface area (Å²) in [6.07, 6.45) is 4.87. The minimum atomic E-state index is -4.33. The van der Waals surface area contributed by atoms with Crippen LogP contribution in [0.25, 0.3) is 0 Å². The van der Waals surface area contributed by atoms with Crippen LogP contribution in [0, 0.1) is 5.82 Å². The first-order valence-electron chi connectivity index (χ1n) is 15.5. The molecule has 1 N–H and O–H groups in total.